The van der Waals surface area contributed by atoms with E-state index in [2.05, 4.69) is 0 Å². The van der Waals surface area contributed by atoms with Crippen LogP contribution in [0.1, 0.15) is 34.1 Å². The van der Waals surface area contributed by atoms with Crippen LogP contribution < -0.4 is 0 Å². The van der Waals surface area contributed by atoms with E-state index in [9.17, 15) is 9.59 Å². The van der Waals surface area contributed by atoms with E-state index in [1.54, 1.807) is 6.92 Å². The topological polar surface area (TPSA) is 52.6 Å². The molecule has 0 saturated heterocycles. The molecule has 0 bridgehead atoms. The molecule has 0 aliphatic heterocycles. The maximum atomic E-state index is 12.1. The first kappa shape index (κ1) is 16.3. The summed E-state index contributed by atoms with van der Waals surface area (Å²) >= 11 is 0. The molecule has 0 atom stereocenters. The summed E-state index contributed by atoms with van der Waals surface area (Å²) < 4.78 is 10.1. The molecule has 0 amide bonds. The van der Waals surface area contributed by atoms with Crippen molar-refractivity contribution in [3.63, 3.8) is 0 Å². The molecule has 0 saturated carbocycles. The van der Waals surface area contributed by atoms with Crippen molar-refractivity contribution in [3.05, 3.63) is 0 Å². The van der Waals surface area contributed by atoms with Crippen molar-refractivity contribution >= 4 is 11.6 Å². The van der Waals surface area contributed by atoms with Crippen molar-refractivity contribution in [2.24, 2.45) is 10.8 Å². The molecular formula is C13H24O4. The lowest BCUT2D eigenvalue weighted by atomic mass is 9.80. The second-order valence-corrected chi connectivity index (χ2v) is 5.70. The number of hydrogen-bond donors (Lipinski definition) is 0. The van der Waals surface area contributed by atoms with Crippen molar-refractivity contribution in [3.8, 4) is 0 Å². The first-order chi connectivity index (χ1) is 7.67. The van der Waals surface area contributed by atoms with E-state index in [1.807, 2.05) is 20.8 Å². The van der Waals surface area contributed by atoms with Gasteiger partial charge in [-0.15, -0.1) is 0 Å². The first-order valence-corrected chi connectivity index (χ1v) is 5.72. The molecule has 0 fully saturated rings. The quantitative estimate of drug-likeness (QED) is 0.641. The Bertz CT molecular complexity index is 270. The fraction of sp³-hybridized carbons (Fsp3) is 0.846. The second kappa shape index (κ2) is 6.26. The monoisotopic (exact) mass is 244 g/mol. The van der Waals surface area contributed by atoms with E-state index < -0.39 is 10.8 Å². The summed E-state index contributed by atoms with van der Waals surface area (Å²) in [6.07, 6.45) is -0.0628. The Hall–Kier alpha value is -0.740. The van der Waals surface area contributed by atoms with Gasteiger partial charge in [-0.3, -0.25) is 9.59 Å². The summed E-state index contributed by atoms with van der Waals surface area (Å²) in [4.78, 5) is 23.9. The third kappa shape index (κ3) is 4.96. The highest BCUT2D eigenvalue weighted by molar-refractivity contribution is 6.03. The average molecular weight is 244 g/mol. The smallest absolute Gasteiger partial charge is 0.150 e. The Labute approximate surface area is 104 Å². The predicted octanol–water partition coefficient (Wildman–Crippen LogP) is 1.86. The molecule has 0 rings (SSSR count). The predicted molar refractivity (Wildman–Crippen MR) is 65.9 cm³/mol. The lowest BCUT2D eigenvalue weighted by molar-refractivity contribution is -0.140. The molecule has 17 heavy (non-hydrogen) atoms. The zero-order chi connectivity index (χ0) is 13.7. The van der Waals surface area contributed by atoms with Crippen LogP contribution in [-0.2, 0) is 19.1 Å². The van der Waals surface area contributed by atoms with Crippen LogP contribution >= 0.6 is 0 Å². The highest BCUT2D eigenvalue weighted by atomic mass is 16.5. The number of carbonyl (C=O) groups excluding carboxylic acids is 2. The number of Topliss-reactive ketones (excluding diaryl/α,β-unsaturated/α-hetero) is 2. The molecule has 4 nitrogen and oxygen atoms in total. The number of ketones is 2. The van der Waals surface area contributed by atoms with E-state index in [1.165, 1.54) is 14.2 Å². The Morgan fingerprint density at radius 1 is 0.882 bits per heavy atom. The number of methoxy groups -OCH3 is 2. The van der Waals surface area contributed by atoms with E-state index in [4.69, 9.17) is 9.47 Å². The summed E-state index contributed by atoms with van der Waals surface area (Å²) in [7, 11) is 3.07. The van der Waals surface area contributed by atoms with E-state index >= 15 is 0 Å². The second-order valence-electron chi connectivity index (χ2n) is 5.70. The maximum absolute atomic E-state index is 12.1. The summed E-state index contributed by atoms with van der Waals surface area (Å²) in [6.45, 7) is 7.72. The molecule has 0 radical (unpaired) electrons. The van der Waals surface area contributed by atoms with Crippen molar-refractivity contribution < 1.29 is 19.1 Å². The van der Waals surface area contributed by atoms with Gasteiger partial charge in [-0.25, -0.2) is 0 Å². The molecule has 0 aromatic rings. The normalized spacial score (nSPS) is 12.6. The minimum atomic E-state index is -0.746. The number of rotatable bonds is 7. The molecular weight excluding hydrogens is 220 g/mol. The number of hydrogen-bond acceptors (Lipinski definition) is 4. The van der Waals surface area contributed by atoms with Crippen molar-refractivity contribution in [1.82, 2.24) is 0 Å². The van der Waals surface area contributed by atoms with Crippen molar-refractivity contribution in [1.29, 1.82) is 0 Å². The van der Waals surface area contributed by atoms with Gasteiger partial charge in [0.15, 0.2) is 5.78 Å². The molecule has 0 spiro atoms. The van der Waals surface area contributed by atoms with Gasteiger partial charge in [-0.05, 0) is 6.92 Å². The van der Waals surface area contributed by atoms with Crippen LogP contribution in [0.3, 0.4) is 0 Å². The average Bonchev–Trinajstić information content (AvgIpc) is 2.16. The zero-order valence-electron chi connectivity index (χ0n) is 11.8. The van der Waals surface area contributed by atoms with Crippen LogP contribution in [0.4, 0.5) is 0 Å². The summed E-state index contributed by atoms with van der Waals surface area (Å²) in [6, 6.07) is 0. The van der Waals surface area contributed by atoms with E-state index in [-0.39, 0.29) is 31.2 Å². The van der Waals surface area contributed by atoms with Crippen LogP contribution in [0.25, 0.3) is 0 Å². The fourth-order valence-corrected chi connectivity index (χ4v) is 1.46. The van der Waals surface area contributed by atoms with Crippen LogP contribution in [-0.4, -0.2) is 39.0 Å². The molecule has 0 aliphatic rings. The van der Waals surface area contributed by atoms with Crippen LogP contribution in [0, 0.1) is 10.8 Å². The third-order valence-corrected chi connectivity index (χ3v) is 2.76. The summed E-state index contributed by atoms with van der Waals surface area (Å²) in [5, 5.41) is 0. The Morgan fingerprint density at radius 2 is 1.29 bits per heavy atom. The first-order valence-electron chi connectivity index (χ1n) is 5.72. The Kier molecular flexibility index (Phi) is 5.99. The van der Waals surface area contributed by atoms with Crippen LogP contribution in [0.15, 0.2) is 0 Å². The fourth-order valence-electron chi connectivity index (χ4n) is 1.46. The molecule has 0 aromatic heterocycles. The maximum Gasteiger partial charge on any atom is 0.150 e. The molecule has 4 heteroatoms. The van der Waals surface area contributed by atoms with Gasteiger partial charge in [0.25, 0.3) is 0 Å². The summed E-state index contributed by atoms with van der Waals surface area (Å²) in [5.74, 6) is -0.179. The van der Waals surface area contributed by atoms with Crippen molar-refractivity contribution in [2.45, 2.75) is 34.1 Å². The number of ether oxygens (including phenoxy) is 2. The van der Waals surface area contributed by atoms with Gasteiger partial charge in [0.1, 0.15) is 5.78 Å². The van der Waals surface area contributed by atoms with Gasteiger partial charge < -0.3 is 9.47 Å². The Morgan fingerprint density at radius 3 is 1.59 bits per heavy atom. The van der Waals surface area contributed by atoms with Crippen LogP contribution in [0.2, 0.25) is 0 Å². The molecule has 0 unspecified atom stereocenters. The minimum Gasteiger partial charge on any atom is -0.384 e. The standard InChI is InChI=1S/C13H24O4/c1-12(2,3)10(14)7-11(15)13(4,8-16-5)9-17-6/h7-9H2,1-6H3. The van der Waals surface area contributed by atoms with Gasteiger partial charge in [0.05, 0.1) is 25.0 Å². The highest BCUT2D eigenvalue weighted by Gasteiger charge is 2.36. The molecule has 0 aliphatic carbocycles. The molecule has 0 N–H and O–H groups in total. The largest absolute Gasteiger partial charge is 0.384 e. The summed E-state index contributed by atoms with van der Waals surface area (Å²) in [5.41, 5.74) is -1.23. The van der Waals surface area contributed by atoms with Crippen LogP contribution in [0.5, 0.6) is 0 Å². The molecule has 100 valence electrons. The van der Waals surface area contributed by atoms with Gasteiger partial charge in [-0.2, -0.15) is 0 Å². The number of carbonyl (C=O) groups is 2. The molecule has 0 aromatic carbocycles. The third-order valence-electron chi connectivity index (χ3n) is 2.76. The van der Waals surface area contributed by atoms with Gasteiger partial charge >= 0.3 is 0 Å². The Balaban J connectivity index is 4.70. The highest BCUT2D eigenvalue weighted by Crippen LogP contribution is 2.24. The van der Waals surface area contributed by atoms with E-state index in [0.717, 1.165) is 0 Å². The van der Waals surface area contributed by atoms with Gasteiger partial charge in [0.2, 0.25) is 0 Å². The van der Waals surface area contributed by atoms with E-state index in [0.29, 0.717) is 0 Å². The lowest BCUT2D eigenvalue weighted by Crippen LogP contribution is -2.39. The lowest BCUT2D eigenvalue weighted by Gasteiger charge is -2.27. The molecule has 0 heterocycles. The van der Waals surface area contributed by atoms with Gasteiger partial charge in [0, 0.05) is 19.6 Å². The minimum absolute atomic E-state index is 0.0547. The zero-order valence-corrected chi connectivity index (χ0v) is 11.8. The van der Waals surface area contributed by atoms with Gasteiger partial charge in [-0.1, -0.05) is 20.8 Å². The SMILES string of the molecule is COCC(C)(COC)C(=O)CC(=O)C(C)(C)C. The van der Waals surface area contributed by atoms with Crippen molar-refractivity contribution in [2.75, 3.05) is 27.4 Å².